The van der Waals surface area contributed by atoms with E-state index in [2.05, 4.69) is 0 Å². The second-order valence-corrected chi connectivity index (χ2v) is 11.0. The third-order valence-electron chi connectivity index (χ3n) is 7.30. The van der Waals surface area contributed by atoms with Crippen LogP contribution in [0.25, 0.3) is 0 Å². The smallest absolute Gasteiger partial charge is 0.417 e. The Morgan fingerprint density at radius 3 is 2.38 bits per heavy atom. The van der Waals surface area contributed by atoms with Gasteiger partial charge in [0.1, 0.15) is 11.7 Å². The molecule has 4 rings (SSSR count). The molecule has 0 aromatic heterocycles. The number of nitrogens with zero attached hydrogens (tertiary/aromatic N) is 2. The molecule has 3 amide bonds. The van der Waals surface area contributed by atoms with Gasteiger partial charge in [-0.25, -0.2) is 14.5 Å². The first-order valence-electron chi connectivity index (χ1n) is 12.1. The lowest BCUT2D eigenvalue weighted by molar-refractivity contribution is -0.139. The van der Waals surface area contributed by atoms with Gasteiger partial charge < -0.3 is 19.1 Å². The number of hydrogen-bond donors (Lipinski definition) is 0. The van der Waals surface area contributed by atoms with Crippen molar-refractivity contribution >= 4 is 18.1 Å². The van der Waals surface area contributed by atoms with Crippen LogP contribution in [0.5, 0.6) is 0 Å². The molecule has 3 aliphatic rings. The standard InChI is InChI=1S/C26H36N2O6/c1-16(22(29)28-17(2)21(33-24(28)31)18-10-8-7-9-11-18)20(32-6)19-14-26(12-13-26)15-27(19)23(30)34-25(3,4)5/h7-11,16-17,19-21H,12-15H2,1-6H3/t16?,17-,19+,20-,21-/m1/s1. The predicted octanol–water partition coefficient (Wildman–Crippen LogP) is 4.54. The van der Waals surface area contributed by atoms with E-state index >= 15 is 0 Å². The van der Waals surface area contributed by atoms with E-state index in [-0.39, 0.29) is 23.5 Å². The zero-order valence-corrected chi connectivity index (χ0v) is 20.9. The van der Waals surface area contributed by atoms with Gasteiger partial charge in [-0.05, 0) is 57.9 Å². The van der Waals surface area contributed by atoms with Crippen LogP contribution in [0.3, 0.4) is 0 Å². The van der Waals surface area contributed by atoms with Crippen LogP contribution in [0.1, 0.15) is 65.5 Å². The van der Waals surface area contributed by atoms with E-state index < -0.39 is 35.9 Å². The molecule has 2 heterocycles. The number of benzene rings is 1. The highest BCUT2D eigenvalue weighted by Gasteiger charge is 2.57. The molecular weight excluding hydrogens is 436 g/mol. The normalized spacial score (nSPS) is 27.5. The van der Waals surface area contributed by atoms with Crippen LogP contribution in [0.2, 0.25) is 0 Å². The van der Waals surface area contributed by atoms with Crippen molar-refractivity contribution in [2.24, 2.45) is 11.3 Å². The lowest BCUT2D eigenvalue weighted by Crippen LogP contribution is -2.52. The van der Waals surface area contributed by atoms with E-state index in [1.54, 1.807) is 18.9 Å². The number of methoxy groups -OCH3 is 1. The molecule has 8 heteroatoms. The topological polar surface area (TPSA) is 85.4 Å². The first-order valence-corrected chi connectivity index (χ1v) is 12.1. The molecule has 1 aliphatic carbocycles. The molecule has 1 spiro atoms. The van der Waals surface area contributed by atoms with Gasteiger partial charge in [0.2, 0.25) is 5.91 Å². The second kappa shape index (κ2) is 8.87. The lowest BCUT2D eigenvalue weighted by Gasteiger charge is -2.35. The first kappa shape index (κ1) is 24.5. The summed E-state index contributed by atoms with van der Waals surface area (Å²) >= 11 is 0. The van der Waals surface area contributed by atoms with Gasteiger partial charge in [-0.15, -0.1) is 0 Å². The first-order chi connectivity index (χ1) is 16.0. The van der Waals surface area contributed by atoms with Crippen LogP contribution < -0.4 is 0 Å². The van der Waals surface area contributed by atoms with E-state index in [0.29, 0.717) is 6.54 Å². The highest BCUT2D eigenvalue weighted by atomic mass is 16.6. The van der Waals surface area contributed by atoms with Gasteiger partial charge in [-0.2, -0.15) is 0 Å². The van der Waals surface area contributed by atoms with E-state index in [0.717, 1.165) is 24.8 Å². The number of amides is 3. The summed E-state index contributed by atoms with van der Waals surface area (Å²) in [5.74, 6) is -1.01. The molecule has 1 unspecified atom stereocenters. The summed E-state index contributed by atoms with van der Waals surface area (Å²) in [6.07, 6.45) is 0.727. The average Bonchev–Trinajstić information content (AvgIpc) is 3.32. The van der Waals surface area contributed by atoms with Crippen molar-refractivity contribution in [3.63, 3.8) is 0 Å². The fourth-order valence-corrected chi connectivity index (χ4v) is 5.35. The van der Waals surface area contributed by atoms with Crippen LogP contribution in [0.15, 0.2) is 30.3 Å². The minimum Gasteiger partial charge on any atom is -0.444 e. The van der Waals surface area contributed by atoms with Gasteiger partial charge in [0.05, 0.1) is 24.1 Å². The van der Waals surface area contributed by atoms with Gasteiger partial charge in [0, 0.05) is 13.7 Å². The van der Waals surface area contributed by atoms with Crippen molar-refractivity contribution in [2.75, 3.05) is 13.7 Å². The number of carbonyl (C=O) groups is 3. The number of carbonyl (C=O) groups excluding carboxylic acids is 3. The monoisotopic (exact) mass is 472 g/mol. The Kier molecular flexibility index (Phi) is 6.40. The molecular formula is C26H36N2O6. The summed E-state index contributed by atoms with van der Waals surface area (Å²) in [6.45, 7) is 9.70. The molecule has 8 nitrogen and oxygen atoms in total. The summed E-state index contributed by atoms with van der Waals surface area (Å²) in [5.41, 5.74) is 0.308. The highest BCUT2D eigenvalue weighted by Crippen LogP contribution is 2.56. The van der Waals surface area contributed by atoms with Gasteiger partial charge in [-0.3, -0.25) is 4.79 Å². The molecule has 34 heavy (non-hydrogen) atoms. The van der Waals surface area contributed by atoms with Crippen molar-refractivity contribution in [3.05, 3.63) is 35.9 Å². The van der Waals surface area contributed by atoms with Crippen molar-refractivity contribution in [3.8, 4) is 0 Å². The van der Waals surface area contributed by atoms with Crippen LogP contribution in [0, 0.1) is 11.3 Å². The Hall–Kier alpha value is -2.61. The fraction of sp³-hybridized carbons (Fsp3) is 0.654. The summed E-state index contributed by atoms with van der Waals surface area (Å²) in [4.78, 5) is 42.3. The number of likely N-dealkylation sites (tertiary alicyclic amines) is 1. The molecule has 0 radical (unpaired) electrons. The summed E-state index contributed by atoms with van der Waals surface area (Å²) < 4.78 is 17.1. The molecule has 1 aromatic rings. The number of cyclic esters (lactones) is 1. The number of rotatable bonds is 5. The third kappa shape index (κ3) is 4.65. The summed E-state index contributed by atoms with van der Waals surface area (Å²) in [5, 5.41) is 0. The van der Waals surface area contributed by atoms with Gasteiger partial charge in [0.15, 0.2) is 0 Å². The number of hydrogen-bond acceptors (Lipinski definition) is 6. The van der Waals surface area contributed by atoms with Crippen molar-refractivity contribution in [1.82, 2.24) is 9.80 Å². The minimum atomic E-state index is -0.654. The minimum absolute atomic E-state index is 0.0827. The SMILES string of the molecule is CO[C@H](C(C)C(=O)N1C(=O)O[C@@H](c2ccccc2)[C@H]1C)[C@@H]1CC2(CC2)CN1C(=O)OC(C)(C)C. The average molecular weight is 473 g/mol. The zero-order chi connectivity index (χ0) is 24.8. The molecule has 2 saturated heterocycles. The van der Waals surface area contributed by atoms with Crippen LogP contribution >= 0.6 is 0 Å². The zero-order valence-electron chi connectivity index (χ0n) is 20.9. The van der Waals surface area contributed by atoms with E-state index in [1.807, 2.05) is 58.0 Å². The molecule has 0 N–H and O–H groups in total. The van der Waals surface area contributed by atoms with Gasteiger partial charge >= 0.3 is 12.2 Å². The maximum atomic E-state index is 13.6. The lowest BCUT2D eigenvalue weighted by atomic mass is 9.91. The predicted molar refractivity (Wildman–Crippen MR) is 125 cm³/mol. The van der Waals surface area contributed by atoms with E-state index in [9.17, 15) is 14.4 Å². The quantitative estimate of drug-likeness (QED) is 0.626. The Labute approximate surface area is 201 Å². The Morgan fingerprint density at radius 2 is 1.82 bits per heavy atom. The molecule has 0 bridgehead atoms. The van der Waals surface area contributed by atoms with Crippen LogP contribution in [0.4, 0.5) is 9.59 Å². The Morgan fingerprint density at radius 1 is 1.18 bits per heavy atom. The molecule has 5 atom stereocenters. The maximum absolute atomic E-state index is 13.6. The summed E-state index contributed by atoms with van der Waals surface area (Å²) in [6, 6.07) is 8.66. The van der Waals surface area contributed by atoms with Crippen molar-refractivity contribution in [1.29, 1.82) is 0 Å². The molecule has 2 aliphatic heterocycles. The van der Waals surface area contributed by atoms with E-state index in [4.69, 9.17) is 14.2 Å². The molecule has 1 aromatic carbocycles. The Balaban J connectivity index is 1.53. The second-order valence-electron chi connectivity index (χ2n) is 11.0. The molecule has 3 fully saturated rings. The molecule has 1 saturated carbocycles. The van der Waals surface area contributed by atoms with Gasteiger partial charge in [-0.1, -0.05) is 37.3 Å². The third-order valence-corrected chi connectivity index (χ3v) is 7.30. The number of imide groups is 1. The van der Waals surface area contributed by atoms with Crippen molar-refractivity contribution < 1.29 is 28.6 Å². The Bertz CT molecular complexity index is 938. The maximum Gasteiger partial charge on any atom is 0.417 e. The van der Waals surface area contributed by atoms with Crippen molar-refractivity contribution in [2.45, 2.75) is 83.8 Å². The van der Waals surface area contributed by atoms with E-state index in [1.165, 1.54) is 4.90 Å². The van der Waals surface area contributed by atoms with Crippen LogP contribution in [-0.2, 0) is 19.0 Å². The summed E-state index contributed by atoms with van der Waals surface area (Å²) in [7, 11) is 1.55. The molecule has 186 valence electrons. The van der Waals surface area contributed by atoms with Crippen LogP contribution in [-0.4, -0.2) is 65.3 Å². The largest absolute Gasteiger partial charge is 0.444 e. The van der Waals surface area contributed by atoms with Gasteiger partial charge in [0.25, 0.3) is 0 Å². The highest BCUT2D eigenvalue weighted by molar-refractivity contribution is 5.95. The fourth-order valence-electron chi connectivity index (χ4n) is 5.35. The number of ether oxygens (including phenoxy) is 3.